The van der Waals surface area contributed by atoms with Gasteiger partial charge in [-0.2, -0.15) is 0 Å². The van der Waals surface area contributed by atoms with Crippen molar-refractivity contribution in [3.05, 3.63) is 22.4 Å². The Morgan fingerprint density at radius 3 is 2.62 bits per heavy atom. The first kappa shape index (κ1) is 11.5. The van der Waals surface area contributed by atoms with Crippen molar-refractivity contribution in [2.75, 3.05) is 13.1 Å². The van der Waals surface area contributed by atoms with Crippen LogP contribution in [0.3, 0.4) is 0 Å². The first-order valence-electron chi connectivity index (χ1n) is 5.03. The lowest BCUT2D eigenvalue weighted by Crippen LogP contribution is -2.37. The highest BCUT2D eigenvalue weighted by molar-refractivity contribution is 7.10. The van der Waals surface area contributed by atoms with Crippen LogP contribution in [0.25, 0.3) is 0 Å². The number of hydrogen-bond donors (Lipinski definition) is 3. The summed E-state index contributed by atoms with van der Waals surface area (Å²) in [4.78, 5) is 14.1. The van der Waals surface area contributed by atoms with Gasteiger partial charge in [0.15, 0.2) is 0 Å². The second-order valence-corrected chi connectivity index (χ2v) is 4.85. The predicted octanol–water partition coefficient (Wildman–Crippen LogP) is -0.688. The predicted molar refractivity (Wildman–Crippen MR) is 59.8 cm³/mol. The Kier molecular flexibility index (Phi) is 3.25. The van der Waals surface area contributed by atoms with Crippen molar-refractivity contribution in [3.63, 3.8) is 0 Å². The van der Waals surface area contributed by atoms with Gasteiger partial charge >= 0.3 is 0 Å². The third kappa shape index (κ3) is 2.10. The van der Waals surface area contributed by atoms with Crippen LogP contribution in [0, 0.1) is 0 Å². The van der Waals surface area contributed by atoms with Gasteiger partial charge in [0, 0.05) is 18.0 Å². The van der Waals surface area contributed by atoms with Gasteiger partial charge in [0.25, 0.3) is 0 Å². The van der Waals surface area contributed by atoms with Gasteiger partial charge in [0.05, 0.1) is 12.2 Å². The number of β-amino-alcohol motifs (C(OH)–C–C–N with tert-alkyl or cyclic N) is 2. The van der Waals surface area contributed by atoms with Crippen molar-refractivity contribution >= 4 is 17.2 Å². The van der Waals surface area contributed by atoms with Crippen molar-refractivity contribution in [2.24, 2.45) is 5.73 Å². The monoisotopic (exact) mass is 242 g/mol. The quantitative estimate of drug-likeness (QED) is 0.641. The summed E-state index contributed by atoms with van der Waals surface area (Å²) in [6.07, 6.45) is -1.72. The molecule has 1 aliphatic rings. The molecule has 5 nitrogen and oxygen atoms in total. The van der Waals surface area contributed by atoms with Gasteiger partial charge in [-0.1, -0.05) is 6.07 Å². The number of carbonyl (C=O) groups is 1. The summed E-state index contributed by atoms with van der Waals surface area (Å²) < 4.78 is 0. The largest absolute Gasteiger partial charge is 0.388 e. The Hall–Kier alpha value is -0.950. The van der Waals surface area contributed by atoms with Crippen LogP contribution in [0.1, 0.15) is 10.9 Å². The summed E-state index contributed by atoms with van der Waals surface area (Å²) >= 11 is 1.42. The van der Waals surface area contributed by atoms with Crippen LogP contribution in [0.2, 0.25) is 0 Å². The molecule has 0 aliphatic carbocycles. The molecular weight excluding hydrogens is 228 g/mol. The molecule has 2 heterocycles. The molecular formula is C10H14N2O3S. The number of likely N-dealkylation sites (tertiary alicyclic amines) is 1. The molecule has 1 aromatic rings. The lowest BCUT2D eigenvalue weighted by molar-refractivity contribution is -0.132. The minimum atomic E-state index is -0.862. The van der Waals surface area contributed by atoms with Crippen LogP contribution in [0.4, 0.5) is 0 Å². The maximum atomic E-state index is 11.9. The zero-order valence-corrected chi connectivity index (χ0v) is 9.43. The Bertz CT molecular complexity index is 358. The third-order valence-corrected chi connectivity index (χ3v) is 3.64. The average molecular weight is 242 g/mol. The summed E-state index contributed by atoms with van der Waals surface area (Å²) in [5.74, 6) is -0.252. The van der Waals surface area contributed by atoms with E-state index in [0.29, 0.717) is 0 Å². The summed E-state index contributed by atoms with van der Waals surface area (Å²) in [7, 11) is 0. The molecule has 0 bridgehead atoms. The second kappa shape index (κ2) is 4.50. The van der Waals surface area contributed by atoms with E-state index in [1.807, 2.05) is 11.4 Å². The molecule has 0 aromatic carbocycles. The molecule has 0 radical (unpaired) electrons. The molecule has 1 saturated heterocycles. The van der Waals surface area contributed by atoms with E-state index in [2.05, 4.69) is 0 Å². The van der Waals surface area contributed by atoms with E-state index >= 15 is 0 Å². The number of aliphatic hydroxyl groups excluding tert-OH is 2. The average Bonchev–Trinajstić information content (AvgIpc) is 2.87. The Morgan fingerprint density at radius 2 is 2.12 bits per heavy atom. The zero-order valence-electron chi connectivity index (χ0n) is 8.61. The van der Waals surface area contributed by atoms with Crippen molar-refractivity contribution in [2.45, 2.75) is 18.2 Å². The van der Waals surface area contributed by atoms with Gasteiger partial charge in [-0.25, -0.2) is 0 Å². The molecule has 2 rings (SSSR count). The SMILES string of the molecule is NC(C(=O)N1CC(O)C(O)C1)c1cccs1. The minimum Gasteiger partial charge on any atom is -0.388 e. The molecule has 0 spiro atoms. The molecule has 6 heteroatoms. The molecule has 16 heavy (non-hydrogen) atoms. The van der Waals surface area contributed by atoms with Crippen molar-refractivity contribution < 1.29 is 15.0 Å². The van der Waals surface area contributed by atoms with Gasteiger partial charge < -0.3 is 20.8 Å². The minimum absolute atomic E-state index is 0.152. The number of rotatable bonds is 2. The van der Waals surface area contributed by atoms with E-state index in [-0.39, 0.29) is 19.0 Å². The molecule has 3 unspecified atom stereocenters. The van der Waals surface area contributed by atoms with E-state index < -0.39 is 18.2 Å². The lowest BCUT2D eigenvalue weighted by Gasteiger charge is -2.19. The Balaban J connectivity index is 2.03. The van der Waals surface area contributed by atoms with E-state index in [1.165, 1.54) is 16.2 Å². The third-order valence-electron chi connectivity index (χ3n) is 2.69. The molecule has 1 amide bonds. The van der Waals surface area contributed by atoms with Crippen LogP contribution in [-0.4, -0.2) is 46.3 Å². The number of amides is 1. The highest BCUT2D eigenvalue weighted by atomic mass is 32.1. The van der Waals surface area contributed by atoms with Crippen LogP contribution in [-0.2, 0) is 4.79 Å². The number of nitrogens with zero attached hydrogens (tertiary/aromatic N) is 1. The Labute approximate surface area is 97.1 Å². The van der Waals surface area contributed by atoms with Crippen molar-refractivity contribution in [3.8, 4) is 0 Å². The summed E-state index contributed by atoms with van der Waals surface area (Å²) in [5.41, 5.74) is 5.81. The highest BCUT2D eigenvalue weighted by Crippen LogP contribution is 2.21. The molecule has 3 atom stereocenters. The van der Waals surface area contributed by atoms with Crippen molar-refractivity contribution in [1.82, 2.24) is 4.90 Å². The molecule has 1 aliphatic heterocycles. The number of hydrogen-bond acceptors (Lipinski definition) is 5. The Morgan fingerprint density at radius 1 is 1.50 bits per heavy atom. The summed E-state index contributed by atoms with van der Waals surface area (Å²) in [6.45, 7) is 0.304. The van der Waals surface area contributed by atoms with Crippen LogP contribution < -0.4 is 5.73 Å². The summed E-state index contributed by atoms with van der Waals surface area (Å²) in [6, 6.07) is 2.94. The normalized spacial score (nSPS) is 27.1. The van der Waals surface area contributed by atoms with Gasteiger partial charge in [-0.3, -0.25) is 4.79 Å². The number of carbonyl (C=O) groups excluding carboxylic acids is 1. The van der Waals surface area contributed by atoms with Gasteiger partial charge in [0.1, 0.15) is 6.04 Å². The standard InChI is InChI=1S/C10H14N2O3S/c11-9(8-2-1-3-16-8)10(15)12-4-6(13)7(14)5-12/h1-3,6-7,9,13-14H,4-5,11H2. The number of aliphatic hydroxyl groups is 2. The number of thiophene rings is 1. The molecule has 1 fully saturated rings. The fourth-order valence-electron chi connectivity index (χ4n) is 1.74. The van der Waals surface area contributed by atoms with E-state index in [1.54, 1.807) is 6.07 Å². The van der Waals surface area contributed by atoms with Crippen LogP contribution >= 0.6 is 11.3 Å². The van der Waals surface area contributed by atoms with Gasteiger partial charge in [0.2, 0.25) is 5.91 Å². The zero-order chi connectivity index (χ0) is 11.7. The topological polar surface area (TPSA) is 86.8 Å². The first-order valence-corrected chi connectivity index (χ1v) is 5.91. The van der Waals surface area contributed by atoms with E-state index in [9.17, 15) is 15.0 Å². The van der Waals surface area contributed by atoms with Crippen LogP contribution in [0.5, 0.6) is 0 Å². The van der Waals surface area contributed by atoms with E-state index in [0.717, 1.165) is 4.88 Å². The second-order valence-electron chi connectivity index (χ2n) is 3.87. The fraction of sp³-hybridized carbons (Fsp3) is 0.500. The van der Waals surface area contributed by atoms with Gasteiger partial charge in [-0.15, -0.1) is 11.3 Å². The van der Waals surface area contributed by atoms with Gasteiger partial charge in [-0.05, 0) is 11.4 Å². The summed E-state index contributed by atoms with van der Waals surface area (Å²) in [5, 5.41) is 20.6. The van der Waals surface area contributed by atoms with Crippen molar-refractivity contribution in [1.29, 1.82) is 0 Å². The van der Waals surface area contributed by atoms with Crippen LogP contribution in [0.15, 0.2) is 17.5 Å². The molecule has 0 saturated carbocycles. The number of nitrogens with two attached hydrogens (primary N) is 1. The molecule has 4 N–H and O–H groups in total. The lowest BCUT2D eigenvalue weighted by atomic mass is 10.2. The smallest absolute Gasteiger partial charge is 0.245 e. The maximum Gasteiger partial charge on any atom is 0.245 e. The molecule has 1 aromatic heterocycles. The first-order chi connectivity index (χ1) is 7.59. The highest BCUT2D eigenvalue weighted by Gasteiger charge is 2.35. The maximum absolute atomic E-state index is 11.9. The molecule has 88 valence electrons. The van der Waals surface area contributed by atoms with E-state index in [4.69, 9.17) is 5.73 Å². The fourth-order valence-corrected chi connectivity index (χ4v) is 2.45.